The number of nitrogens with one attached hydrogen (secondary N) is 2. The summed E-state index contributed by atoms with van der Waals surface area (Å²) >= 11 is 4.64. The van der Waals surface area contributed by atoms with Gasteiger partial charge in [0.15, 0.2) is 5.16 Å². The second kappa shape index (κ2) is 9.71. The van der Waals surface area contributed by atoms with Crippen LogP contribution in [-0.4, -0.2) is 38.9 Å². The Morgan fingerprint density at radius 2 is 1.86 bits per heavy atom. The van der Waals surface area contributed by atoms with E-state index >= 15 is 0 Å². The molecule has 0 aliphatic carbocycles. The van der Waals surface area contributed by atoms with Gasteiger partial charge in [-0.2, -0.15) is 0 Å². The van der Waals surface area contributed by atoms with Gasteiger partial charge in [-0.25, -0.2) is 0 Å². The summed E-state index contributed by atoms with van der Waals surface area (Å²) in [5, 5.41) is 14.3. The van der Waals surface area contributed by atoms with E-state index in [1.165, 1.54) is 11.8 Å². The van der Waals surface area contributed by atoms with Gasteiger partial charge >= 0.3 is 0 Å². The maximum Gasteiger partial charge on any atom is 0.243 e. The molecule has 0 bridgehead atoms. The van der Waals surface area contributed by atoms with Gasteiger partial charge in [-0.3, -0.25) is 14.2 Å². The van der Waals surface area contributed by atoms with Crippen molar-refractivity contribution in [1.29, 1.82) is 0 Å². The summed E-state index contributed by atoms with van der Waals surface area (Å²) in [6, 6.07) is 15.3. The van der Waals surface area contributed by atoms with Crippen LogP contribution in [0.15, 0.2) is 58.2 Å². The predicted octanol–water partition coefficient (Wildman–Crippen LogP) is 3.49. The highest BCUT2D eigenvalue weighted by atomic mass is 79.9. The van der Waals surface area contributed by atoms with Crippen molar-refractivity contribution >= 4 is 45.2 Å². The number of hydrogen-bond donors (Lipinski definition) is 2. The molecule has 150 valence electrons. The van der Waals surface area contributed by atoms with E-state index in [0.717, 1.165) is 21.5 Å². The molecule has 2 amide bonds. The standard InChI is InChI=1S/C20H20BrN5O2S/c1-13-6-5-7-15(10-13)26-14(2)24-25-20(26)29-12-19(28)22-11-18(27)23-17-9-4-3-8-16(17)21/h3-10H,11-12H2,1-2H3,(H,22,28)(H,23,27). The van der Waals surface area contributed by atoms with Crippen molar-refractivity contribution in [3.63, 3.8) is 0 Å². The Morgan fingerprint density at radius 1 is 1.07 bits per heavy atom. The molecule has 0 saturated heterocycles. The number of carbonyl (C=O) groups is 2. The first kappa shape index (κ1) is 21.1. The maximum atomic E-state index is 12.2. The Kier molecular flexibility index (Phi) is 7.05. The molecule has 1 aromatic heterocycles. The zero-order valence-electron chi connectivity index (χ0n) is 16.0. The number of aromatic nitrogens is 3. The smallest absolute Gasteiger partial charge is 0.243 e. The highest BCUT2D eigenvalue weighted by Gasteiger charge is 2.14. The lowest BCUT2D eigenvalue weighted by Crippen LogP contribution is -2.34. The van der Waals surface area contributed by atoms with Crippen molar-refractivity contribution < 1.29 is 9.59 Å². The molecule has 0 aliphatic rings. The van der Waals surface area contributed by atoms with Crippen LogP contribution in [0.1, 0.15) is 11.4 Å². The normalized spacial score (nSPS) is 10.6. The van der Waals surface area contributed by atoms with Gasteiger partial charge in [0.2, 0.25) is 11.8 Å². The Morgan fingerprint density at radius 3 is 2.62 bits per heavy atom. The molecule has 0 aliphatic heterocycles. The third-order valence-electron chi connectivity index (χ3n) is 3.98. The fourth-order valence-electron chi connectivity index (χ4n) is 2.62. The van der Waals surface area contributed by atoms with Crippen molar-refractivity contribution in [3.05, 3.63) is 64.4 Å². The molecule has 0 unspecified atom stereocenters. The Bertz CT molecular complexity index is 1040. The Hall–Kier alpha value is -2.65. The number of halogens is 1. The molecule has 3 rings (SSSR count). The minimum absolute atomic E-state index is 0.107. The summed E-state index contributed by atoms with van der Waals surface area (Å²) < 4.78 is 2.69. The summed E-state index contributed by atoms with van der Waals surface area (Å²) in [5.41, 5.74) is 2.73. The number of thioether (sulfide) groups is 1. The van der Waals surface area contributed by atoms with Crippen LogP contribution in [0.2, 0.25) is 0 Å². The molecule has 0 radical (unpaired) electrons. The minimum Gasteiger partial charge on any atom is -0.346 e. The quantitative estimate of drug-likeness (QED) is 0.512. The van der Waals surface area contributed by atoms with Crippen LogP contribution in [0, 0.1) is 13.8 Å². The number of aryl methyl sites for hydroxylation is 2. The lowest BCUT2D eigenvalue weighted by atomic mass is 10.2. The van der Waals surface area contributed by atoms with Crippen molar-refractivity contribution in [2.24, 2.45) is 0 Å². The lowest BCUT2D eigenvalue weighted by molar-refractivity contribution is -0.122. The Balaban J connectivity index is 1.54. The second-order valence-corrected chi connectivity index (χ2v) is 8.09. The van der Waals surface area contributed by atoms with E-state index in [0.29, 0.717) is 10.8 Å². The second-order valence-electron chi connectivity index (χ2n) is 6.30. The van der Waals surface area contributed by atoms with Gasteiger partial charge in [-0.1, -0.05) is 36.0 Å². The van der Waals surface area contributed by atoms with E-state index in [9.17, 15) is 9.59 Å². The predicted molar refractivity (Wildman–Crippen MR) is 117 cm³/mol. The zero-order chi connectivity index (χ0) is 20.8. The summed E-state index contributed by atoms with van der Waals surface area (Å²) in [4.78, 5) is 24.2. The van der Waals surface area contributed by atoms with Gasteiger partial charge in [0.05, 0.1) is 18.0 Å². The highest BCUT2D eigenvalue weighted by molar-refractivity contribution is 9.10. The molecule has 2 aromatic carbocycles. The fourth-order valence-corrected chi connectivity index (χ4v) is 3.83. The summed E-state index contributed by atoms with van der Waals surface area (Å²) in [6.45, 7) is 3.78. The van der Waals surface area contributed by atoms with Crippen molar-refractivity contribution in [2.75, 3.05) is 17.6 Å². The number of nitrogens with zero attached hydrogens (tertiary/aromatic N) is 3. The van der Waals surface area contributed by atoms with Crippen molar-refractivity contribution in [1.82, 2.24) is 20.1 Å². The molecule has 0 atom stereocenters. The van der Waals surface area contributed by atoms with Crippen LogP contribution in [0.25, 0.3) is 5.69 Å². The number of benzene rings is 2. The molecule has 3 aromatic rings. The third-order valence-corrected chi connectivity index (χ3v) is 5.60. The van der Waals surface area contributed by atoms with Crippen molar-refractivity contribution in [2.45, 2.75) is 19.0 Å². The first-order valence-electron chi connectivity index (χ1n) is 8.87. The van der Waals surface area contributed by atoms with E-state index in [1.807, 2.05) is 60.9 Å². The Labute approximate surface area is 181 Å². The van der Waals surface area contributed by atoms with Crippen LogP contribution in [0.4, 0.5) is 5.69 Å². The van der Waals surface area contributed by atoms with Crippen LogP contribution in [0.3, 0.4) is 0 Å². The minimum atomic E-state index is -0.297. The van der Waals surface area contributed by atoms with Crippen LogP contribution in [-0.2, 0) is 9.59 Å². The SMILES string of the molecule is Cc1cccc(-n2c(C)nnc2SCC(=O)NCC(=O)Nc2ccccc2Br)c1. The van der Waals surface area contributed by atoms with Gasteiger partial charge in [0.25, 0.3) is 0 Å². The molecule has 7 nitrogen and oxygen atoms in total. The van der Waals surface area contributed by atoms with E-state index in [-0.39, 0.29) is 24.1 Å². The number of hydrogen-bond acceptors (Lipinski definition) is 5. The van der Waals surface area contributed by atoms with Gasteiger partial charge in [-0.15, -0.1) is 10.2 Å². The first-order valence-corrected chi connectivity index (χ1v) is 10.6. The van der Waals surface area contributed by atoms with Gasteiger partial charge in [0, 0.05) is 10.2 Å². The number of rotatable bonds is 7. The van der Waals surface area contributed by atoms with E-state index in [1.54, 1.807) is 6.07 Å². The van der Waals surface area contributed by atoms with Gasteiger partial charge in [0.1, 0.15) is 5.82 Å². The topological polar surface area (TPSA) is 88.9 Å². The number of anilines is 1. The van der Waals surface area contributed by atoms with Crippen LogP contribution >= 0.6 is 27.7 Å². The zero-order valence-corrected chi connectivity index (χ0v) is 18.4. The van der Waals surface area contributed by atoms with Crippen molar-refractivity contribution in [3.8, 4) is 5.69 Å². The fraction of sp³-hybridized carbons (Fsp3) is 0.200. The molecule has 0 spiro atoms. The summed E-state index contributed by atoms with van der Waals surface area (Å²) in [5.74, 6) is 0.320. The first-order chi connectivity index (χ1) is 13.9. The van der Waals surface area contributed by atoms with Gasteiger partial charge < -0.3 is 10.6 Å². The summed E-state index contributed by atoms with van der Waals surface area (Å²) in [6.07, 6.45) is 0. The monoisotopic (exact) mass is 473 g/mol. The third kappa shape index (κ3) is 5.68. The van der Waals surface area contributed by atoms with E-state index in [4.69, 9.17) is 0 Å². The molecular formula is C20H20BrN5O2S. The molecule has 1 heterocycles. The summed E-state index contributed by atoms with van der Waals surface area (Å²) in [7, 11) is 0. The van der Waals surface area contributed by atoms with Gasteiger partial charge in [-0.05, 0) is 59.6 Å². The highest BCUT2D eigenvalue weighted by Crippen LogP contribution is 2.22. The largest absolute Gasteiger partial charge is 0.346 e. The maximum absolute atomic E-state index is 12.2. The van der Waals surface area contributed by atoms with Crippen LogP contribution < -0.4 is 10.6 Å². The molecule has 0 saturated carbocycles. The molecule has 29 heavy (non-hydrogen) atoms. The number of amides is 2. The molecule has 0 fully saturated rings. The average molecular weight is 474 g/mol. The van der Waals surface area contributed by atoms with E-state index in [2.05, 4.69) is 36.8 Å². The number of carbonyl (C=O) groups excluding carboxylic acids is 2. The molecule has 2 N–H and O–H groups in total. The number of para-hydroxylation sites is 1. The molecular weight excluding hydrogens is 454 g/mol. The van der Waals surface area contributed by atoms with E-state index < -0.39 is 0 Å². The lowest BCUT2D eigenvalue weighted by Gasteiger charge is -2.10. The average Bonchev–Trinajstić information content (AvgIpc) is 3.07. The molecule has 9 heteroatoms. The van der Waals surface area contributed by atoms with Crippen LogP contribution in [0.5, 0.6) is 0 Å².